The van der Waals surface area contributed by atoms with Crippen LogP contribution in [0.5, 0.6) is 11.5 Å². The number of ether oxygens (including phenoxy) is 1. The molecule has 1 aliphatic heterocycles. The summed E-state index contributed by atoms with van der Waals surface area (Å²) < 4.78 is 5.23. The molecule has 0 aliphatic carbocycles. The van der Waals surface area contributed by atoms with Gasteiger partial charge in [0.25, 0.3) is 11.7 Å². The molecule has 1 aliphatic rings. The predicted molar refractivity (Wildman–Crippen MR) is 123 cm³/mol. The molecule has 2 aromatic carbocycles. The highest BCUT2D eigenvalue weighted by molar-refractivity contribution is 6.46. The van der Waals surface area contributed by atoms with Crippen LogP contribution in [0.1, 0.15) is 37.4 Å². The van der Waals surface area contributed by atoms with E-state index in [4.69, 9.17) is 4.74 Å². The number of ketones is 1. The van der Waals surface area contributed by atoms with Gasteiger partial charge in [0, 0.05) is 12.1 Å². The zero-order valence-corrected chi connectivity index (χ0v) is 18.7. The molecule has 0 spiro atoms. The summed E-state index contributed by atoms with van der Waals surface area (Å²) in [5.41, 5.74) is 0.962. The van der Waals surface area contributed by atoms with Gasteiger partial charge in [-0.25, -0.2) is 0 Å². The zero-order chi connectivity index (χ0) is 23.3. The van der Waals surface area contributed by atoms with E-state index in [2.05, 4.69) is 18.7 Å². The number of likely N-dealkylation sites (tertiary alicyclic amines) is 1. The summed E-state index contributed by atoms with van der Waals surface area (Å²) in [6.45, 7) is 7.12. The molecule has 3 rings (SSSR count). The number of nitrogens with zero attached hydrogens (tertiary/aromatic N) is 2. The first kappa shape index (κ1) is 23.3. The fourth-order valence-electron chi connectivity index (χ4n) is 4.08. The topological polar surface area (TPSA) is 90.3 Å². The van der Waals surface area contributed by atoms with Gasteiger partial charge >= 0.3 is 0 Å². The van der Waals surface area contributed by atoms with Gasteiger partial charge in [-0.3, -0.25) is 9.59 Å². The highest BCUT2D eigenvalue weighted by atomic mass is 16.5. The molecule has 1 unspecified atom stereocenters. The summed E-state index contributed by atoms with van der Waals surface area (Å²) in [6.07, 6.45) is 0.684. The largest absolute Gasteiger partial charge is 0.508 e. The van der Waals surface area contributed by atoms with Gasteiger partial charge in [0.05, 0.1) is 18.7 Å². The lowest BCUT2D eigenvalue weighted by atomic mass is 9.95. The van der Waals surface area contributed by atoms with E-state index in [1.807, 2.05) is 0 Å². The minimum Gasteiger partial charge on any atom is -0.508 e. The summed E-state index contributed by atoms with van der Waals surface area (Å²) in [5.74, 6) is -1.10. The van der Waals surface area contributed by atoms with Gasteiger partial charge in [0.2, 0.25) is 0 Å². The molecule has 7 nitrogen and oxygen atoms in total. The van der Waals surface area contributed by atoms with E-state index in [9.17, 15) is 19.8 Å². The summed E-state index contributed by atoms with van der Waals surface area (Å²) in [6, 6.07) is 12.4. The van der Waals surface area contributed by atoms with Gasteiger partial charge in [-0.2, -0.15) is 0 Å². The molecule has 1 atom stereocenters. The van der Waals surface area contributed by atoms with Crippen molar-refractivity contribution in [1.29, 1.82) is 0 Å². The Kier molecular flexibility index (Phi) is 7.53. The Labute approximate surface area is 188 Å². The Morgan fingerprint density at radius 2 is 1.81 bits per heavy atom. The first-order valence-corrected chi connectivity index (χ1v) is 10.8. The number of aromatic hydroxyl groups is 1. The molecule has 0 radical (unpaired) electrons. The van der Waals surface area contributed by atoms with Crippen LogP contribution in [-0.4, -0.2) is 65.0 Å². The van der Waals surface area contributed by atoms with Crippen molar-refractivity contribution >= 4 is 17.4 Å². The number of carbonyl (C=O) groups excluding carboxylic acids is 2. The molecule has 1 amide bonds. The van der Waals surface area contributed by atoms with Gasteiger partial charge in [-0.05, 0) is 55.9 Å². The number of aliphatic hydroxyl groups is 1. The summed E-state index contributed by atoms with van der Waals surface area (Å²) in [7, 11) is 1.51. The summed E-state index contributed by atoms with van der Waals surface area (Å²) in [5, 5.41) is 21.1. The van der Waals surface area contributed by atoms with Crippen LogP contribution in [0.25, 0.3) is 5.76 Å². The second-order valence-electron chi connectivity index (χ2n) is 7.70. The number of phenols is 1. The number of rotatable bonds is 9. The zero-order valence-electron chi connectivity index (χ0n) is 18.7. The fraction of sp³-hybridized carbons (Fsp3) is 0.360. The maximum absolute atomic E-state index is 13.0. The highest BCUT2D eigenvalue weighted by Gasteiger charge is 2.45. The van der Waals surface area contributed by atoms with Crippen LogP contribution < -0.4 is 4.74 Å². The second-order valence-corrected chi connectivity index (χ2v) is 7.70. The van der Waals surface area contributed by atoms with Crippen molar-refractivity contribution in [3.63, 3.8) is 0 Å². The fourth-order valence-corrected chi connectivity index (χ4v) is 4.08. The summed E-state index contributed by atoms with van der Waals surface area (Å²) in [4.78, 5) is 29.8. The lowest BCUT2D eigenvalue weighted by Crippen LogP contribution is -2.33. The number of amides is 1. The first-order valence-electron chi connectivity index (χ1n) is 10.8. The standard InChI is InChI=1S/C25H30N2O5/c1-4-26(5-2)13-8-14-27-22(17-9-6-11-19(28)15-17)21(24(30)25(27)31)23(29)18-10-7-12-20(16-18)32-3/h6-7,9-12,15-16,22,28-29H,4-5,8,13-14H2,1-3H3. The molecule has 0 saturated carbocycles. The molecule has 170 valence electrons. The van der Waals surface area contributed by atoms with Gasteiger partial charge in [0.1, 0.15) is 17.3 Å². The van der Waals surface area contributed by atoms with Crippen molar-refractivity contribution in [3.8, 4) is 11.5 Å². The van der Waals surface area contributed by atoms with Crippen LogP contribution in [0, 0.1) is 0 Å². The maximum Gasteiger partial charge on any atom is 0.295 e. The van der Waals surface area contributed by atoms with Crippen molar-refractivity contribution in [3.05, 3.63) is 65.2 Å². The van der Waals surface area contributed by atoms with E-state index in [1.165, 1.54) is 24.1 Å². The number of hydrogen-bond acceptors (Lipinski definition) is 6. The Morgan fingerprint density at radius 1 is 1.09 bits per heavy atom. The average molecular weight is 439 g/mol. The normalized spacial score (nSPS) is 17.9. The molecule has 2 aromatic rings. The molecule has 1 fully saturated rings. The number of benzene rings is 2. The van der Waals surface area contributed by atoms with E-state index < -0.39 is 17.7 Å². The van der Waals surface area contributed by atoms with Crippen LogP contribution in [0.3, 0.4) is 0 Å². The van der Waals surface area contributed by atoms with Crippen molar-refractivity contribution in [2.75, 3.05) is 33.3 Å². The smallest absolute Gasteiger partial charge is 0.295 e. The third-order valence-corrected chi connectivity index (χ3v) is 5.84. The lowest BCUT2D eigenvalue weighted by molar-refractivity contribution is -0.140. The van der Waals surface area contributed by atoms with Crippen LogP contribution in [0.2, 0.25) is 0 Å². The molecular formula is C25H30N2O5. The van der Waals surface area contributed by atoms with Gasteiger partial charge in [-0.1, -0.05) is 38.1 Å². The Morgan fingerprint density at radius 3 is 2.47 bits per heavy atom. The number of aliphatic hydroxyl groups excluding tert-OH is 1. The van der Waals surface area contributed by atoms with Crippen molar-refractivity contribution < 1.29 is 24.5 Å². The maximum atomic E-state index is 13.0. The number of methoxy groups -OCH3 is 1. The number of hydrogen-bond donors (Lipinski definition) is 2. The molecule has 7 heteroatoms. The van der Waals surface area contributed by atoms with E-state index in [-0.39, 0.29) is 17.1 Å². The monoisotopic (exact) mass is 438 g/mol. The Balaban J connectivity index is 2.04. The van der Waals surface area contributed by atoms with Crippen LogP contribution in [-0.2, 0) is 9.59 Å². The van der Waals surface area contributed by atoms with Crippen LogP contribution in [0.4, 0.5) is 0 Å². The molecule has 32 heavy (non-hydrogen) atoms. The molecule has 0 aromatic heterocycles. The Hall–Kier alpha value is -3.32. The van der Waals surface area contributed by atoms with E-state index in [0.717, 1.165) is 19.6 Å². The quantitative estimate of drug-likeness (QED) is 0.354. The van der Waals surface area contributed by atoms with E-state index >= 15 is 0 Å². The van der Waals surface area contributed by atoms with Crippen molar-refractivity contribution in [2.24, 2.45) is 0 Å². The minimum atomic E-state index is -0.787. The average Bonchev–Trinajstić information content (AvgIpc) is 3.06. The van der Waals surface area contributed by atoms with Gasteiger partial charge in [-0.15, -0.1) is 0 Å². The number of carbonyl (C=O) groups is 2. The summed E-state index contributed by atoms with van der Waals surface area (Å²) >= 11 is 0. The van der Waals surface area contributed by atoms with Crippen LogP contribution in [0.15, 0.2) is 54.1 Å². The molecule has 1 saturated heterocycles. The first-order chi connectivity index (χ1) is 15.4. The Bertz CT molecular complexity index is 1010. The lowest BCUT2D eigenvalue weighted by Gasteiger charge is -2.27. The highest BCUT2D eigenvalue weighted by Crippen LogP contribution is 2.40. The van der Waals surface area contributed by atoms with E-state index in [1.54, 1.807) is 36.4 Å². The third kappa shape index (κ3) is 4.78. The predicted octanol–water partition coefficient (Wildman–Crippen LogP) is 3.55. The molecule has 1 heterocycles. The molecule has 0 bridgehead atoms. The minimum absolute atomic E-state index is 0.0108. The van der Waals surface area contributed by atoms with Gasteiger partial charge in [0.15, 0.2) is 0 Å². The van der Waals surface area contributed by atoms with Crippen molar-refractivity contribution in [2.45, 2.75) is 26.3 Å². The molecular weight excluding hydrogens is 408 g/mol. The van der Waals surface area contributed by atoms with Crippen molar-refractivity contribution in [1.82, 2.24) is 9.80 Å². The number of phenolic OH excluding ortho intramolecular Hbond substituents is 1. The molecule has 2 N–H and O–H groups in total. The van der Waals surface area contributed by atoms with Gasteiger partial charge < -0.3 is 24.7 Å². The van der Waals surface area contributed by atoms with E-state index in [0.29, 0.717) is 29.8 Å². The third-order valence-electron chi connectivity index (χ3n) is 5.84. The second kappa shape index (κ2) is 10.3. The number of Topliss-reactive ketones (excluding diaryl/α,β-unsaturated/α-hetero) is 1. The van der Waals surface area contributed by atoms with Crippen LogP contribution >= 0.6 is 0 Å². The SMILES string of the molecule is CCN(CC)CCCN1C(=O)C(=O)C(=C(O)c2cccc(OC)c2)C1c1cccc(O)c1.